The zero-order valence-corrected chi connectivity index (χ0v) is 20.5. The van der Waals surface area contributed by atoms with Crippen molar-refractivity contribution < 1.29 is 13.5 Å². The smallest absolute Gasteiger partial charge is 0.176 e. The number of aromatic amines is 1. The van der Waals surface area contributed by atoms with Crippen LogP contribution in [0, 0.1) is 10.6 Å². The van der Waals surface area contributed by atoms with Gasteiger partial charge in [-0.1, -0.05) is 60.7 Å². The molecule has 5 nitrogen and oxygen atoms in total. The van der Waals surface area contributed by atoms with E-state index in [1.807, 2.05) is 36.4 Å². The molecule has 6 rings (SSSR count). The van der Waals surface area contributed by atoms with Gasteiger partial charge >= 0.3 is 0 Å². The maximum Gasteiger partial charge on any atom is 0.176 e. The predicted octanol–water partition coefficient (Wildman–Crippen LogP) is 2.92. The van der Waals surface area contributed by atoms with Crippen LogP contribution in [0.3, 0.4) is 0 Å². The van der Waals surface area contributed by atoms with Crippen molar-refractivity contribution in [3.63, 3.8) is 0 Å². The molecule has 4 aromatic rings. The van der Waals surface area contributed by atoms with Crippen LogP contribution in [0.15, 0.2) is 71.6 Å². The van der Waals surface area contributed by atoms with Crippen LogP contribution in [-0.2, 0) is 22.0 Å². The Kier molecular flexibility index (Phi) is 5.22. The molecule has 2 heterocycles. The summed E-state index contributed by atoms with van der Waals surface area (Å²) in [7, 11) is -3.36. The van der Waals surface area contributed by atoms with Crippen LogP contribution in [0.1, 0.15) is 24.0 Å². The van der Waals surface area contributed by atoms with Crippen molar-refractivity contribution in [2.75, 3.05) is 19.3 Å². The van der Waals surface area contributed by atoms with E-state index in [1.54, 1.807) is 12.1 Å². The number of fused-ring (bicyclic) bond motifs is 4. The fraction of sp³-hybridized carbons (Fsp3) is 0.241. The standard InChI is InChI=1S/C29H28N2O3S/c1-35(33,34)26-12-6-11-25-27(26)23-10-5-7-21-14-13-20(17-24(21)28(23)30-25)18-31-16-15-29(32,19-31)22-8-3-2-4-9-22/h2-4,6-14,17,30,32H,5,15-16,18-19H2,1H3/t29-/m1/s1. The van der Waals surface area contributed by atoms with Crippen LogP contribution < -0.4 is 10.4 Å². The zero-order valence-electron chi connectivity index (χ0n) is 19.7. The minimum atomic E-state index is -3.36. The van der Waals surface area contributed by atoms with Gasteiger partial charge in [0.15, 0.2) is 9.84 Å². The summed E-state index contributed by atoms with van der Waals surface area (Å²) in [5, 5.41) is 16.1. The number of rotatable bonds is 4. The van der Waals surface area contributed by atoms with Gasteiger partial charge in [0.05, 0.1) is 10.2 Å². The molecule has 0 radical (unpaired) electrons. The molecule has 0 unspecified atom stereocenters. The molecule has 0 spiro atoms. The quantitative estimate of drug-likeness (QED) is 0.467. The summed E-state index contributed by atoms with van der Waals surface area (Å²) in [5.74, 6) is 0. The van der Waals surface area contributed by atoms with Crippen LogP contribution in [0.4, 0.5) is 0 Å². The maximum atomic E-state index is 12.5. The van der Waals surface area contributed by atoms with Gasteiger partial charge in [-0.15, -0.1) is 0 Å². The first-order valence-corrected chi connectivity index (χ1v) is 13.9. The molecular formula is C29H28N2O3S. The van der Waals surface area contributed by atoms with E-state index in [-0.39, 0.29) is 0 Å². The summed E-state index contributed by atoms with van der Waals surface area (Å²) in [6.07, 6.45) is 7.02. The zero-order chi connectivity index (χ0) is 24.2. The molecule has 3 aromatic carbocycles. The van der Waals surface area contributed by atoms with E-state index in [9.17, 15) is 13.5 Å². The summed E-state index contributed by atoms with van der Waals surface area (Å²) in [6.45, 7) is 2.18. The van der Waals surface area contributed by atoms with Gasteiger partial charge in [-0.05, 0) is 47.4 Å². The molecule has 35 heavy (non-hydrogen) atoms. The first-order valence-electron chi connectivity index (χ1n) is 12.0. The van der Waals surface area contributed by atoms with E-state index in [0.29, 0.717) is 17.9 Å². The van der Waals surface area contributed by atoms with E-state index in [2.05, 4.69) is 40.2 Å². The number of benzene rings is 3. The van der Waals surface area contributed by atoms with Gasteiger partial charge in [-0.2, -0.15) is 0 Å². The number of hydrogen-bond donors (Lipinski definition) is 2. The van der Waals surface area contributed by atoms with Crippen molar-refractivity contribution in [1.82, 2.24) is 9.88 Å². The maximum absolute atomic E-state index is 12.5. The number of hydrogen-bond acceptors (Lipinski definition) is 4. The Bertz CT molecular complexity index is 1780. The fourth-order valence-electron chi connectivity index (χ4n) is 5.61. The Morgan fingerprint density at radius 3 is 2.66 bits per heavy atom. The van der Waals surface area contributed by atoms with E-state index in [0.717, 1.165) is 57.0 Å². The SMILES string of the molecule is CS(=O)(=O)c1cccc2[nH]c3c(c12)=CCC=c1ccc(CN2CC[C@](O)(c4ccccc4)C2)cc1=3. The Hall–Kier alpha value is -3.19. The molecule has 1 saturated heterocycles. The minimum absolute atomic E-state index is 0.362. The number of nitrogens with zero attached hydrogens (tertiary/aromatic N) is 1. The van der Waals surface area contributed by atoms with E-state index >= 15 is 0 Å². The summed E-state index contributed by atoms with van der Waals surface area (Å²) in [4.78, 5) is 6.17. The molecule has 0 amide bonds. The van der Waals surface area contributed by atoms with Crippen molar-refractivity contribution in [2.45, 2.75) is 29.9 Å². The largest absolute Gasteiger partial charge is 0.384 e. The van der Waals surface area contributed by atoms with Crippen LogP contribution in [0.25, 0.3) is 23.1 Å². The van der Waals surface area contributed by atoms with Gasteiger partial charge in [-0.25, -0.2) is 8.42 Å². The lowest BCUT2D eigenvalue weighted by atomic mass is 9.93. The van der Waals surface area contributed by atoms with Crippen molar-refractivity contribution in [2.24, 2.45) is 0 Å². The highest BCUT2D eigenvalue weighted by atomic mass is 32.2. The second-order valence-electron chi connectivity index (χ2n) is 9.79. The number of β-amino-alcohol motifs (C(OH)–C–C–N with tert-alkyl or cyclic N) is 1. The van der Waals surface area contributed by atoms with Gasteiger partial charge in [0.1, 0.15) is 5.60 Å². The molecule has 1 aliphatic heterocycles. The monoisotopic (exact) mass is 484 g/mol. The second-order valence-corrected chi connectivity index (χ2v) is 11.8. The molecule has 0 saturated carbocycles. The third-order valence-corrected chi connectivity index (χ3v) is 8.45. The normalized spacial score (nSPS) is 20.1. The van der Waals surface area contributed by atoms with Crippen LogP contribution >= 0.6 is 0 Å². The first-order chi connectivity index (χ1) is 16.8. The summed E-state index contributed by atoms with van der Waals surface area (Å²) >= 11 is 0. The Morgan fingerprint density at radius 2 is 1.86 bits per heavy atom. The molecule has 0 bridgehead atoms. The number of sulfone groups is 1. The lowest BCUT2D eigenvalue weighted by Crippen LogP contribution is -2.30. The number of nitrogens with one attached hydrogen (secondary N) is 1. The Balaban J connectivity index is 1.45. The average Bonchev–Trinajstić information content (AvgIpc) is 3.35. The number of likely N-dealkylation sites (tertiary alicyclic amines) is 1. The number of H-pyrrole nitrogens is 1. The molecule has 1 aromatic heterocycles. The summed E-state index contributed by atoms with van der Waals surface area (Å²) < 4.78 is 25.0. The van der Waals surface area contributed by atoms with Crippen molar-refractivity contribution >= 4 is 32.9 Å². The van der Waals surface area contributed by atoms with Crippen molar-refractivity contribution in [3.8, 4) is 0 Å². The topological polar surface area (TPSA) is 73.4 Å². The molecule has 2 N–H and O–H groups in total. The lowest BCUT2D eigenvalue weighted by Gasteiger charge is -2.24. The van der Waals surface area contributed by atoms with E-state index in [4.69, 9.17) is 0 Å². The fourth-order valence-corrected chi connectivity index (χ4v) is 6.53. The second kappa shape index (κ2) is 8.19. The third-order valence-electron chi connectivity index (χ3n) is 7.31. The molecule has 1 fully saturated rings. The van der Waals surface area contributed by atoms with Crippen LogP contribution in [0.2, 0.25) is 0 Å². The third kappa shape index (κ3) is 3.92. The summed E-state index contributed by atoms with van der Waals surface area (Å²) in [5.41, 5.74) is 2.16. The van der Waals surface area contributed by atoms with Gasteiger partial charge in [-0.3, -0.25) is 4.90 Å². The van der Waals surface area contributed by atoms with Crippen molar-refractivity contribution in [1.29, 1.82) is 0 Å². The molecule has 6 heteroatoms. The molecule has 1 aliphatic carbocycles. The van der Waals surface area contributed by atoms with Gasteiger partial charge in [0.25, 0.3) is 0 Å². The van der Waals surface area contributed by atoms with Gasteiger partial charge < -0.3 is 10.1 Å². The average molecular weight is 485 g/mol. The van der Waals surface area contributed by atoms with Gasteiger partial charge in [0, 0.05) is 47.2 Å². The highest BCUT2D eigenvalue weighted by Gasteiger charge is 2.37. The molecule has 1 atom stereocenters. The highest BCUT2D eigenvalue weighted by molar-refractivity contribution is 7.91. The van der Waals surface area contributed by atoms with E-state index < -0.39 is 15.4 Å². The van der Waals surface area contributed by atoms with Crippen LogP contribution in [0.5, 0.6) is 0 Å². The van der Waals surface area contributed by atoms with Crippen LogP contribution in [-0.4, -0.2) is 42.8 Å². The summed E-state index contributed by atoms with van der Waals surface area (Å²) in [6, 6.07) is 21.9. The molecule has 2 aliphatic rings. The minimum Gasteiger partial charge on any atom is -0.384 e. The molecular weight excluding hydrogens is 456 g/mol. The lowest BCUT2D eigenvalue weighted by molar-refractivity contribution is 0.0453. The van der Waals surface area contributed by atoms with E-state index in [1.165, 1.54) is 11.8 Å². The number of aromatic nitrogens is 1. The predicted molar refractivity (Wildman–Crippen MR) is 139 cm³/mol. The Labute approximate surface area is 204 Å². The number of aliphatic hydroxyl groups is 1. The first kappa shape index (κ1) is 22.3. The highest BCUT2D eigenvalue weighted by Crippen LogP contribution is 2.32. The van der Waals surface area contributed by atoms with Crippen molar-refractivity contribution in [3.05, 3.63) is 98.9 Å². The Morgan fingerprint density at radius 1 is 1.03 bits per heavy atom. The van der Waals surface area contributed by atoms with Gasteiger partial charge in [0.2, 0.25) is 0 Å². The molecule has 178 valence electrons.